The van der Waals surface area contributed by atoms with Crippen LogP contribution >= 0.6 is 0 Å². The number of likely N-dealkylation sites (tertiary alicyclic amines) is 1. The number of piperidine rings is 1. The van der Waals surface area contributed by atoms with Gasteiger partial charge in [0.2, 0.25) is 5.91 Å². The van der Waals surface area contributed by atoms with Crippen LogP contribution in [-0.4, -0.2) is 44.2 Å². The minimum absolute atomic E-state index is 0.0383. The van der Waals surface area contributed by atoms with Crippen molar-refractivity contribution >= 4 is 5.91 Å². The number of fused-ring (bicyclic) bond motifs is 2. The number of nitrogens with zero attached hydrogens (tertiary/aromatic N) is 1. The highest BCUT2D eigenvalue weighted by molar-refractivity contribution is 5.77. The van der Waals surface area contributed by atoms with Crippen LogP contribution in [-0.2, 0) is 19.7 Å². The molecule has 1 saturated heterocycles. The van der Waals surface area contributed by atoms with Crippen LogP contribution in [0.15, 0.2) is 18.2 Å². The molecule has 0 N–H and O–H groups in total. The third-order valence-corrected chi connectivity index (χ3v) is 6.08. The molecule has 5 heteroatoms. The van der Waals surface area contributed by atoms with E-state index in [1.54, 1.807) is 19.2 Å². The van der Waals surface area contributed by atoms with Crippen LogP contribution in [0.3, 0.4) is 0 Å². The molecule has 1 aromatic carbocycles. The van der Waals surface area contributed by atoms with Gasteiger partial charge in [-0.2, -0.15) is 0 Å². The molecule has 4 nitrogen and oxygen atoms in total. The van der Waals surface area contributed by atoms with Crippen molar-refractivity contribution in [1.82, 2.24) is 4.90 Å². The number of rotatable bonds is 5. The van der Waals surface area contributed by atoms with Crippen LogP contribution in [0.25, 0.3) is 0 Å². The third-order valence-electron chi connectivity index (χ3n) is 6.08. The number of ether oxygens (including phenoxy) is 2. The summed E-state index contributed by atoms with van der Waals surface area (Å²) >= 11 is 0. The van der Waals surface area contributed by atoms with Gasteiger partial charge in [-0.3, -0.25) is 4.79 Å². The minimum Gasteiger partial charge on any atom is -0.375 e. The van der Waals surface area contributed by atoms with Crippen LogP contribution in [0.1, 0.15) is 49.3 Å². The van der Waals surface area contributed by atoms with E-state index in [9.17, 15) is 9.18 Å². The third kappa shape index (κ3) is 3.32. The molecule has 2 fully saturated rings. The number of amides is 1. The summed E-state index contributed by atoms with van der Waals surface area (Å²) < 4.78 is 25.1. The molecule has 0 aromatic heterocycles. The molecule has 1 aromatic rings. The summed E-state index contributed by atoms with van der Waals surface area (Å²) in [5.41, 5.74) is 2.20. The first kappa shape index (κ1) is 17.0. The average molecular weight is 347 g/mol. The van der Waals surface area contributed by atoms with E-state index in [2.05, 4.69) is 0 Å². The topological polar surface area (TPSA) is 38.8 Å². The lowest BCUT2D eigenvalue weighted by Gasteiger charge is -2.40. The van der Waals surface area contributed by atoms with Crippen molar-refractivity contribution in [2.45, 2.75) is 43.6 Å². The van der Waals surface area contributed by atoms with E-state index in [1.165, 1.54) is 12.8 Å². The number of carbonyl (C=O) groups excluding carboxylic acids is 1. The van der Waals surface area contributed by atoms with Gasteiger partial charge in [-0.1, -0.05) is 6.07 Å². The Hall–Kier alpha value is -1.46. The van der Waals surface area contributed by atoms with E-state index in [-0.39, 0.29) is 29.9 Å². The fourth-order valence-corrected chi connectivity index (χ4v) is 4.40. The van der Waals surface area contributed by atoms with Crippen LogP contribution in [0, 0.1) is 11.7 Å². The number of hydrogen-bond acceptors (Lipinski definition) is 3. The van der Waals surface area contributed by atoms with Crippen molar-refractivity contribution in [2.24, 2.45) is 5.92 Å². The van der Waals surface area contributed by atoms with Crippen LogP contribution in [0.2, 0.25) is 0 Å². The summed E-state index contributed by atoms with van der Waals surface area (Å²) in [4.78, 5) is 13.9. The van der Waals surface area contributed by atoms with E-state index in [0.717, 1.165) is 37.0 Å². The molecule has 2 aliphatic carbocycles. The van der Waals surface area contributed by atoms with Gasteiger partial charge in [0.1, 0.15) is 12.4 Å². The standard InChI is InChI=1S/C20H26FNO3/c1-24-13-19(23)22-8-6-20(7-9-22)11-18(25-12-14-2-3-14)16-5-4-15(21)10-17(16)20/h4-5,10,14,18H,2-3,6-9,11-13H2,1H3/t18-/m1/s1. The lowest BCUT2D eigenvalue weighted by atomic mass is 9.73. The summed E-state index contributed by atoms with van der Waals surface area (Å²) in [6, 6.07) is 5.14. The maximum atomic E-state index is 13.9. The molecule has 25 heavy (non-hydrogen) atoms. The van der Waals surface area contributed by atoms with E-state index >= 15 is 0 Å². The van der Waals surface area contributed by atoms with Crippen molar-refractivity contribution < 1.29 is 18.7 Å². The molecule has 4 rings (SSSR count). The van der Waals surface area contributed by atoms with E-state index in [1.807, 2.05) is 11.0 Å². The molecule has 1 spiro atoms. The Labute approximate surface area is 148 Å². The zero-order chi connectivity index (χ0) is 17.4. The Morgan fingerprint density at radius 1 is 1.32 bits per heavy atom. The Balaban J connectivity index is 1.52. The molecular formula is C20H26FNO3. The van der Waals surface area contributed by atoms with E-state index in [0.29, 0.717) is 19.0 Å². The Bertz CT molecular complexity index is 650. The van der Waals surface area contributed by atoms with Crippen LogP contribution < -0.4 is 0 Å². The van der Waals surface area contributed by atoms with E-state index in [4.69, 9.17) is 9.47 Å². The predicted octanol–water partition coefficient (Wildman–Crippen LogP) is 3.20. The summed E-state index contributed by atoms with van der Waals surface area (Å²) in [7, 11) is 1.54. The average Bonchev–Trinajstić information content (AvgIpc) is 3.39. The molecule has 1 atom stereocenters. The van der Waals surface area contributed by atoms with Crippen LogP contribution in [0.4, 0.5) is 4.39 Å². The first-order valence-electron chi connectivity index (χ1n) is 9.29. The summed E-state index contributed by atoms with van der Waals surface area (Å²) in [5.74, 6) is 0.573. The molecule has 1 amide bonds. The Morgan fingerprint density at radius 3 is 2.76 bits per heavy atom. The molecular weight excluding hydrogens is 321 g/mol. The van der Waals surface area contributed by atoms with Crippen LogP contribution in [0.5, 0.6) is 0 Å². The molecule has 3 aliphatic rings. The SMILES string of the molecule is COCC(=O)N1CCC2(CC1)C[C@@H](OCC1CC1)c1ccc(F)cc12. The van der Waals surface area contributed by atoms with Gasteiger partial charge in [-0.15, -0.1) is 0 Å². The zero-order valence-electron chi connectivity index (χ0n) is 14.8. The predicted molar refractivity (Wildman–Crippen MR) is 91.8 cm³/mol. The molecule has 1 heterocycles. The highest BCUT2D eigenvalue weighted by Gasteiger charge is 2.47. The lowest BCUT2D eigenvalue weighted by molar-refractivity contribution is -0.136. The van der Waals surface area contributed by atoms with Gasteiger partial charge >= 0.3 is 0 Å². The smallest absolute Gasteiger partial charge is 0.248 e. The molecule has 1 aliphatic heterocycles. The summed E-state index contributed by atoms with van der Waals surface area (Å²) in [6.07, 6.45) is 5.24. The van der Waals surface area contributed by atoms with Crippen molar-refractivity contribution in [3.8, 4) is 0 Å². The van der Waals surface area contributed by atoms with Crippen molar-refractivity contribution in [3.05, 3.63) is 35.1 Å². The fourth-order valence-electron chi connectivity index (χ4n) is 4.40. The number of hydrogen-bond donors (Lipinski definition) is 0. The molecule has 0 radical (unpaired) electrons. The van der Waals surface area contributed by atoms with Gasteiger partial charge < -0.3 is 14.4 Å². The molecule has 0 bridgehead atoms. The zero-order valence-corrected chi connectivity index (χ0v) is 14.8. The Morgan fingerprint density at radius 2 is 2.08 bits per heavy atom. The van der Waals surface area contributed by atoms with Gasteiger partial charge in [-0.05, 0) is 61.3 Å². The van der Waals surface area contributed by atoms with Gasteiger partial charge in [0.05, 0.1) is 12.7 Å². The quantitative estimate of drug-likeness (QED) is 0.821. The highest BCUT2D eigenvalue weighted by Crippen LogP contribution is 2.52. The van der Waals surface area contributed by atoms with Crippen molar-refractivity contribution in [3.63, 3.8) is 0 Å². The fraction of sp³-hybridized carbons (Fsp3) is 0.650. The second kappa shape index (κ2) is 6.69. The number of halogens is 1. The summed E-state index contributed by atoms with van der Waals surface area (Å²) in [5, 5.41) is 0. The maximum absolute atomic E-state index is 13.9. The Kier molecular flexibility index (Phi) is 4.54. The molecule has 136 valence electrons. The van der Waals surface area contributed by atoms with Crippen molar-refractivity contribution in [1.29, 1.82) is 0 Å². The first-order chi connectivity index (χ1) is 12.1. The lowest BCUT2D eigenvalue weighted by Crippen LogP contribution is -2.45. The highest BCUT2D eigenvalue weighted by atomic mass is 19.1. The van der Waals surface area contributed by atoms with Crippen molar-refractivity contribution in [2.75, 3.05) is 33.4 Å². The minimum atomic E-state index is -0.182. The van der Waals surface area contributed by atoms with E-state index < -0.39 is 0 Å². The summed E-state index contributed by atoms with van der Waals surface area (Å²) in [6.45, 7) is 2.35. The number of methoxy groups -OCH3 is 1. The second-order valence-corrected chi connectivity index (χ2v) is 7.80. The van der Waals surface area contributed by atoms with Gasteiger partial charge in [0.25, 0.3) is 0 Å². The maximum Gasteiger partial charge on any atom is 0.248 e. The second-order valence-electron chi connectivity index (χ2n) is 7.80. The monoisotopic (exact) mass is 347 g/mol. The van der Waals surface area contributed by atoms with Gasteiger partial charge in [-0.25, -0.2) is 4.39 Å². The van der Waals surface area contributed by atoms with Gasteiger partial charge in [0.15, 0.2) is 0 Å². The molecule has 0 unspecified atom stereocenters. The largest absolute Gasteiger partial charge is 0.375 e. The van der Waals surface area contributed by atoms with Gasteiger partial charge in [0, 0.05) is 25.6 Å². The molecule has 1 saturated carbocycles. The normalized spacial score (nSPS) is 24.6. The number of carbonyl (C=O) groups is 1. The number of benzene rings is 1. The first-order valence-corrected chi connectivity index (χ1v) is 9.29.